The van der Waals surface area contributed by atoms with Crippen LogP contribution in [0.1, 0.15) is 33.4 Å². The van der Waals surface area contributed by atoms with Crippen LogP contribution in [0.25, 0.3) is 0 Å². The van der Waals surface area contributed by atoms with Crippen molar-refractivity contribution < 1.29 is 14.2 Å². The summed E-state index contributed by atoms with van der Waals surface area (Å²) in [6, 6.07) is 76.5. The zero-order valence-corrected chi connectivity index (χ0v) is 47.2. The first-order valence-corrected chi connectivity index (χ1v) is 29.3. The van der Waals surface area contributed by atoms with Crippen molar-refractivity contribution in [3.05, 3.63) is 240 Å². The van der Waals surface area contributed by atoms with Crippen LogP contribution in [0.15, 0.2) is 216 Å². The Morgan fingerprint density at radius 3 is 1.43 bits per heavy atom. The molecule has 6 aliphatic rings. The SMILES string of the molecule is Cc1cc(C)cc(N(c2cc(C)cc(C)c2)c2cc3c4c(c2)N(c2ccccc2C)c2cc5c6c(c2B4c2cc4c(cc2N3c2ccccc2C)Oc2cccc3c2B4c2ccccc2O3)Oc2ccccc2B6c2ccccc2S5)c1. The topological polar surface area (TPSA) is 37.4 Å². The molecule has 0 aliphatic carbocycles. The van der Waals surface area contributed by atoms with Gasteiger partial charge in [0.1, 0.15) is 34.5 Å². The van der Waals surface area contributed by atoms with Crippen molar-refractivity contribution >= 4 is 132 Å². The predicted octanol–water partition coefficient (Wildman–Crippen LogP) is 12.9. The van der Waals surface area contributed by atoms with Crippen molar-refractivity contribution in [3.63, 3.8) is 0 Å². The molecule has 0 radical (unpaired) electrons. The van der Waals surface area contributed by atoms with Crippen LogP contribution in [0.2, 0.25) is 0 Å². The van der Waals surface area contributed by atoms with E-state index >= 15 is 0 Å². The zero-order chi connectivity index (χ0) is 54.8. The van der Waals surface area contributed by atoms with Crippen LogP contribution in [0.5, 0.6) is 34.5 Å². The molecule has 0 spiro atoms. The Morgan fingerprint density at radius 1 is 0.317 bits per heavy atom. The molecule has 11 aromatic rings. The molecule has 388 valence electrons. The zero-order valence-electron chi connectivity index (χ0n) is 46.3. The summed E-state index contributed by atoms with van der Waals surface area (Å²) in [5, 5.41) is 0. The second kappa shape index (κ2) is 17.6. The van der Waals surface area contributed by atoms with Crippen molar-refractivity contribution in [3.8, 4) is 34.5 Å². The number of para-hydroxylation sites is 4. The van der Waals surface area contributed by atoms with Gasteiger partial charge in [0.2, 0.25) is 0 Å². The lowest BCUT2D eigenvalue weighted by Crippen LogP contribution is -2.66. The quantitative estimate of drug-likeness (QED) is 0.159. The lowest BCUT2D eigenvalue weighted by Gasteiger charge is -2.47. The molecule has 10 heteroatoms. The number of rotatable bonds is 5. The third kappa shape index (κ3) is 6.88. The van der Waals surface area contributed by atoms with Crippen LogP contribution in [0.3, 0.4) is 0 Å². The van der Waals surface area contributed by atoms with E-state index in [-0.39, 0.29) is 20.1 Å². The number of hydrogen-bond acceptors (Lipinski definition) is 7. The van der Waals surface area contributed by atoms with E-state index in [0.29, 0.717) is 0 Å². The van der Waals surface area contributed by atoms with Gasteiger partial charge < -0.3 is 28.9 Å². The van der Waals surface area contributed by atoms with E-state index in [0.717, 1.165) is 113 Å². The van der Waals surface area contributed by atoms with Gasteiger partial charge in [-0.25, -0.2) is 0 Å². The fourth-order valence-corrected chi connectivity index (χ4v) is 15.8. The summed E-state index contributed by atoms with van der Waals surface area (Å²) >= 11 is 1.86. The van der Waals surface area contributed by atoms with E-state index in [2.05, 4.69) is 256 Å². The molecule has 11 aromatic carbocycles. The Hall–Kier alpha value is -9.24. The lowest BCUT2D eigenvalue weighted by molar-refractivity contribution is 0.464. The maximum absolute atomic E-state index is 7.70. The van der Waals surface area contributed by atoms with E-state index in [1.165, 1.54) is 64.9 Å². The van der Waals surface area contributed by atoms with E-state index in [9.17, 15) is 0 Å². The molecule has 0 saturated heterocycles. The molecule has 0 bridgehead atoms. The predicted molar refractivity (Wildman–Crippen MR) is 343 cm³/mol. The van der Waals surface area contributed by atoms with Gasteiger partial charge in [-0.05, 0) is 198 Å². The van der Waals surface area contributed by atoms with Crippen molar-refractivity contribution in [2.24, 2.45) is 0 Å². The number of nitrogens with zero attached hydrogens (tertiary/aromatic N) is 3. The van der Waals surface area contributed by atoms with Crippen LogP contribution in [-0.4, -0.2) is 20.1 Å². The van der Waals surface area contributed by atoms with Crippen molar-refractivity contribution in [2.75, 3.05) is 14.7 Å². The molecular formula is C72H52B3N3O3S. The highest BCUT2D eigenvalue weighted by Gasteiger charge is 2.51. The Kier molecular flexibility index (Phi) is 10.2. The monoisotopic (exact) mass is 1070 g/mol. The fraction of sp³-hybridized carbons (Fsp3) is 0.0833. The minimum absolute atomic E-state index is 0.0332. The number of benzene rings is 11. The second-order valence-corrected chi connectivity index (χ2v) is 24.2. The fourth-order valence-electron chi connectivity index (χ4n) is 14.6. The largest absolute Gasteiger partial charge is 0.459 e. The molecule has 82 heavy (non-hydrogen) atoms. The number of anilines is 9. The molecule has 17 rings (SSSR count). The molecule has 0 amide bonds. The highest BCUT2D eigenvalue weighted by molar-refractivity contribution is 8.00. The van der Waals surface area contributed by atoms with Gasteiger partial charge in [-0.15, -0.1) is 0 Å². The molecular weight excluding hydrogens is 1020 g/mol. The summed E-state index contributed by atoms with van der Waals surface area (Å²) in [6.45, 7) is 12.8. The number of aryl methyl sites for hydroxylation is 6. The minimum atomic E-state index is -0.314. The van der Waals surface area contributed by atoms with Gasteiger partial charge in [0.25, 0.3) is 20.1 Å². The van der Waals surface area contributed by atoms with Gasteiger partial charge in [-0.2, -0.15) is 0 Å². The van der Waals surface area contributed by atoms with Crippen LogP contribution in [0, 0.1) is 41.5 Å². The third-order valence-electron chi connectivity index (χ3n) is 17.8. The summed E-state index contributed by atoms with van der Waals surface area (Å²) < 4.78 is 21.7. The van der Waals surface area contributed by atoms with Crippen LogP contribution in [0.4, 0.5) is 51.2 Å². The lowest BCUT2D eigenvalue weighted by atomic mass is 9.29. The molecule has 0 atom stereocenters. The standard InChI is InChI=1S/C72H52B3N3O3S/c1-41-30-42(2)33-47(32-41)76(48-34-43(3)31-44(4)35-48)49-36-58-68-59(37-49)78(56-24-13-8-19-46(56)6)60-40-67-71-72(81-62-26-15-10-21-51(62)73(71)52-22-11-16-29-66(52)82-67)69(60)75(68)53-38-54-65(39-57(53)77(58)55-23-12-7-18-45(55)5)80-64-28-17-27-63-70(64)74(54)50-20-9-14-25-61(50)79-63/h7-40H,1-6H3. The highest BCUT2D eigenvalue weighted by Crippen LogP contribution is 2.52. The van der Waals surface area contributed by atoms with Gasteiger partial charge in [0.15, 0.2) is 0 Å². The second-order valence-electron chi connectivity index (χ2n) is 23.2. The number of ether oxygens (including phenoxy) is 3. The maximum atomic E-state index is 7.70. The normalized spacial score (nSPS) is 13.9. The first-order chi connectivity index (χ1) is 40.1. The minimum Gasteiger partial charge on any atom is -0.459 e. The molecule has 6 heterocycles. The summed E-state index contributed by atoms with van der Waals surface area (Å²) in [5.41, 5.74) is 27.5. The molecule has 0 aromatic heterocycles. The Labute approximate surface area is 483 Å². The van der Waals surface area contributed by atoms with Gasteiger partial charge >= 0.3 is 0 Å². The summed E-state index contributed by atoms with van der Waals surface area (Å²) in [7, 11) is 0. The molecule has 0 unspecified atom stereocenters. The van der Waals surface area contributed by atoms with E-state index in [1.807, 2.05) is 17.8 Å². The smallest absolute Gasteiger partial charge is 0.260 e. The van der Waals surface area contributed by atoms with Crippen molar-refractivity contribution in [1.29, 1.82) is 0 Å². The molecule has 6 nitrogen and oxygen atoms in total. The molecule has 6 aliphatic heterocycles. The molecule has 0 N–H and O–H groups in total. The molecule has 0 fully saturated rings. The average Bonchev–Trinajstić information content (AvgIpc) is 3.53. The Morgan fingerprint density at radius 2 is 0.805 bits per heavy atom. The van der Waals surface area contributed by atoms with Gasteiger partial charge in [-0.1, -0.05) is 132 Å². The van der Waals surface area contributed by atoms with Gasteiger partial charge in [-0.3, -0.25) is 0 Å². The van der Waals surface area contributed by atoms with Crippen molar-refractivity contribution in [2.45, 2.75) is 51.3 Å². The van der Waals surface area contributed by atoms with Crippen LogP contribution in [-0.2, 0) is 0 Å². The average molecular weight is 1070 g/mol. The number of fused-ring (bicyclic) bond motifs is 13. The van der Waals surface area contributed by atoms with E-state index in [1.54, 1.807) is 0 Å². The summed E-state index contributed by atoms with van der Waals surface area (Å²) in [4.78, 5) is 10.1. The van der Waals surface area contributed by atoms with Crippen LogP contribution >= 0.6 is 11.8 Å². The Bertz CT molecular complexity index is 4520. The van der Waals surface area contributed by atoms with Gasteiger partial charge in [0.05, 0.1) is 5.69 Å². The third-order valence-corrected chi connectivity index (χ3v) is 19.0. The summed E-state index contributed by atoms with van der Waals surface area (Å²) in [6.07, 6.45) is 0. The van der Waals surface area contributed by atoms with Crippen molar-refractivity contribution in [1.82, 2.24) is 0 Å². The molecule has 0 saturated carbocycles. The summed E-state index contributed by atoms with van der Waals surface area (Å²) in [5.74, 6) is 5.16. The Balaban J connectivity index is 1.04. The van der Waals surface area contributed by atoms with Gasteiger partial charge in [0, 0.05) is 66.8 Å². The number of hydrogen-bond donors (Lipinski definition) is 0. The highest BCUT2D eigenvalue weighted by atomic mass is 32.2. The van der Waals surface area contributed by atoms with E-state index in [4.69, 9.17) is 14.2 Å². The maximum Gasteiger partial charge on any atom is 0.260 e. The first-order valence-electron chi connectivity index (χ1n) is 28.5. The van der Waals surface area contributed by atoms with E-state index < -0.39 is 0 Å². The van der Waals surface area contributed by atoms with Crippen LogP contribution < -0.4 is 78.1 Å². The first kappa shape index (κ1) is 47.6.